The van der Waals surface area contributed by atoms with Crippen LogP contribution in [0.2, 0.25) is 0 Å². The predicted octanol–water partition coefficient (Wildman–Crippen LogP) is -2.96. The monoisotopic (exact) mass is 475 g/mol. The molecule has 16 heteroatoms. The van der Waals surface area contributed by atoms with E-state index in [1.165, 1.54) is 6.07 Å². The highest BCUT2D eigenvalue weighted by Gasteiger charge is 2.33. The van der Waals surface area contributed by atoms with Gasteiger partial charge in [-0.15, -0.1) is 10.2 Å². The van der Waals surface area contributed by atoms with Crippen molar-refractivity contribution in [2.45, 2.75) is 34.8 Å². The van der Waals surface area contributed by atoms with Gasteiger partial charge in [0.2, 0.25) is 25.9 Å². The zero-order chi connectivity index (χ0) is 22.8. The van der Waals surface area contributed by atoms with Crippen LogP contribution in [0.1, 0.15) is 12.8 Å². The normalized spacial score (nSPS) is 17.1. The summed E-state index contributed by atoms with van der Waals surface area (Å²) in [6, 6.07) is 2.62. The average molecular weight is 476 g/mol. The van der Waals surface area contributed by atoms with Crippen molar-refractivity contribution in [3.8, 4) is 11.4 Å². The average Bonchev–Trinajstić information content (AvgIpc) is 3.25. The van der Waals surface area contributed by atoms with Gasteiger partial charge < -0.3 is 21.5 Å². The Balaban J connectivity index is 2.21. The number of aromatic amines is 1. The van der Waals surface area contributed by atoms with E-state index in [9.17, 15) is 21.9 Å². The standard InChI is InChI=1S/C15H25N9O5S2/c16-7-10(25)8-19-31(28,29)12-2-1-11(24-5-3-9(17)4-6-24)13(14(12)30(18,26)27)15-20-22-23-21-15/h1-2,9-10,19,25H,3-8,16-17H2,(H2,18,26,27)(H,20,21,22,23). The number of nitrogens with zero attached hydrogens (tertiary/aromatic N) is 4. The molecule has 1 unspecified atom stereocenters. The van der Waals surface area contributed by atoms with E-state index in [0.29, 0.717) is 31.6 Å². The fourth-order valence-electron chi connectivity index (χ4n) is 3.30. The SMILES string of the molecule is NCC(O)CNS(=O)(=O)c1ccc(N2CCC(N)CC2)c(-c2nn[nH]n2)c1S(N)(=O)=O. The number of tetrazole rings is 1. The zero-order valence-corrected chi connectivity index (χ0v) is 18.1. The molecule has 0 spiro atoms. The summed E-state index contributed by atoms with van der Waals surface area (Å²) in [5.74, 6) is -0.132. The van der Waals surface area contributed by atoms with E-state index < -0.39 is 42.5 Å². The van der Waals surface area contributed by atoms with E-state index >= 15 is 0 Å². The highest BCUT2D eigenvalue weighted by atomic mass is 32.2. The van der Waals surface area contributed by atoms with Crippen molar-refractivity contribution >= 4 is 25.7 Å². The predicted molar refractivity (Wildman–Crippen MR) is 111 cm³/mol. The second-order valence-electron chi connectivity index (χ2n) is 7.13. The number of benzene rings is 1. The summed E-state index contributed by atoms with van der Waals surface area (Å²) in [6.45, 7) is 0.438. The number of hydrogen-bond donors (Lipinski definition) is 6. The number of hydrogen-bond acceptors (Lipinski definition) is 11. The van der Waals surface area contributed by atoms with Crippen molar-refractivity contribution < 1.29 is 21.9 Å². The first-order chi connectivity index (χ1) is 14.5. The van der Waals surface area contributed by atoms with Gasteiger partial charge in [0, 0.05) is 37.9 Å². The number of aromatic nitrogens is 4. The number of aliphatic hydroxyl groups is 1. The van der Waals surface area contributed by atoms with Gasteiger partial charge in [-0.1, -0.05) is 0 Å². The lowest BCUT2D eigenvalue weighted by Crippen LogP contribution is -2.40. The molecule has 9 N–H and O–H groups in total. The minimum Gasteiger partial charge on any atom is -0.390 e. The second kappa shape index (κ2) is 9.11. The topological polar surface area (TPSA) is 236 Å². The molecule has 1 aromatic carbocycles. The highest BCUT2D eigenvalue weighted by Crippen LogP contribution is 2.39. The first kappa shape index (κ1) is 23.5. The molecular formula is C15H25N9O5S2. The molecule has 1 atom stereocenters. The number of sulfonamides is 2. The lowest BCUT2D eigenvalue weighted by atomic mass is 10.0. The molecule has 2 aromatic rings. The maximum atomic E-state index is 12.9. The molecule has 2 heterocycles. The lowest BCUT2D eigenvalue weighted by molar-refractivity contribution is 0.186. The summed E-state index contributed by atoms with van der Waals surface area (Å²) in [5.41, 5.74) is 11.6. The van der Waals surface area contributed by atoms with Gasteiger partial charge in [0.25, 0.3) is 0 Å². The molecule has 31 heavy (non-hydrogen) atoms. The third-order valence-corrected chi connectivity index (χ3v) is 7.49. The van der Waals surface area contributed by atoms with E-state index in [2.05, 4.69) is 25.3 Å². The maximum Gasteiger partial charge on any atom is 0.242 e. The molecule has 0 aliphatic carbocycles. The molecule has 14 nitrogen and oxygen atoms in total. The fourth-order valence-corrected chi connectivity index (χ4v) is 5.97. The van der Waals surface area contributed by atoms with Crippen molar-refractivity contribution in [1.29, 1.82) is 0 Å². The van der Waals surface area contributed by atoms with Gasteiger partial charge >= 0.3 is 0 Å². The highest BCUT2D eigenvalue weighted by molar-refractivity contribution is 7.92. The van der Waals surface area contributed by atoms with Gasteiger partial charge in [0.15, 0.2) is 0 Å². The van der Waals surface area contributed by atoms with E-state index in [4.69, 9.17) is 16.6 Å². The number of primary sulfonamides is 1. The summed E-state index contributed by atoms with van der Waals surface area (Å²) in [6.07, 6.45) is 0.172. The number of nitrogens with one attached hydrogen (secondary N) is 2. The Morgan fingerprint density at radius 2 is 1.94 bits per heavy atom. The Labute approximate surface area is 179 Å². The molecule has 1 fully saturated rings. The van der Waals surface area contributed by atoms with Gasteiger partial charge in [-0.2, -0.15) is 5.21 Å². The van der Waals surface area contributed by atoms with Crippen LogP contribution in [-0.4, -0.2) is 80.9 Å². The maximum absolute atomic E-state index is 12.9. The Morgan fingerprint density at radius 1 is 1.26 bits per heavy atom. The lowest BCUT2D eigenvalue weighted by Gasteiger charge is -2.33. The van der Waals surface area contributed by atoms with Gasteiger partial charge in [0.1, 0.15) is 9.79 Å². The second-order valence-corrected chi connectivity index (χ2v) is 10.4. The first-order valence-corrected chi connectivity index (χ1v) is 12.4. The van der Waals surface area contributed by atoms with Gasteiger partial charge in [-0.3, -0.25) is 0 Å². The number of nitrogens with two attached hydrogens (primary N) is 3. The van der Waals surface area contributed by atoms with Crippen LogP contribution in [0.4, 0.5) is 5.69 Å². The number of aliphatic hydroxyl groups excluding tert-OH is 1. The van der Waals surface area contributed by atoms with Crippen molar-refractivity contribution in [3.05, 3.63) is 12.1 Å². The van der Waals surface area contributed by atoms with Crippen LogP contribution in [0.15, 0.2) is 21.9 Å². The van der Waals surface area contributed by atoms with Crippen LogP contribution in [0, 0.1) is 0 Å². The van der Waals surface area contributed by atoms with Crippen LogP contribution in [-0.2, 0) is 20.0 Å². The quantitative estimate of drug-likeness (QED) is 0.225. The molecular weight excluding hydrogens is 450 g/mol. The summed E-state index contributed by atoms with van der Waals surface area (Å²) < 4.78 is 53.1. The Kier molecular flexibility index (Phi) is 6.89. The molecule has 172 valence electrons. The largest absolute Gasteiger partial charge is 0.390 e. The Bertz CT molecular complexity index is 1110. The number of piperidine rings is 1. The van der Waals surface area contributed by atoms with E-state index in [-0.39, 0.29) is 24.0 Å². The van der Waals surface area contributed by atoms with Crippen molar-refractivity contribution in [2.24, 2.45) is 16.6 Å². The van der Waals surface area contributed by atoms with E-state index in [0.717, 1.165) is 6.07 Å². The zero-order valence-electron chi connectivity index (χ0n) is 16.5. The fraction of sp³-hybridized carbons (Fsp3) is 0.533. The van der Waals surface area contributed by atoms with Crippen LogP contribution < -0.4 is 26.2 Å². The van der Waals surface area contributed by atoms with Crippen molar-refractivity contribution in [2.75, 3.05) is 31.1 Å². The molecule has 1 aliphatic rings. The first-order valence-electron chi connectivity index (χ1n) is 9.36. The number of H-pyrrole nitrogens is 1. The molecule has 0 saturated carbocycles. The molecule has 1 aliphatic heterocycles. The van der Waals surface area contributed by atoms with Crippen LogP contribution in [0.25, 0.3) is 11.4 Å². The molecule has 0 bridgehead atoms. The Morgan fingerprint density at radius 3 is 2.48 bits per heavy atom. The van der Waals surface area contributed by atoms with Gasteiger partial charge in [-0.25, -0.2) is 26.7 Å². The Hall–Kier alpha value is -2.21. The minimum absolute atomic E-state index is 0.0143. The summed E-state index contributed by atoms with van der Waals surface area (Å²) in [5, 5.41) is 28.4. The summed E-state index contributed by atoms with van der Waals surface area (Å²) >= 11 is 0. The summed E-state index contributed by atoms with van der Waals surface area (Å²) in [7, 11) is -8.97. The molecule has 0 amide bonds. The van der Waals surface area contributed by atoms with Crippen molar-refractivity contribution in [1.82, 2.24) is 25.3 Å². The van der Waals surface area contributed by atoms with Crippen molar-refractivity contribution in [3.63, 3.8) is 0 Å². The number of rotatable bonds is 8. The van der Waals surface area contributed by atoms with Crippen LogP contribution in [0.3, 0.4) is 0 Å². The molecule has 1 aromatic heterocycles. The van der Waals surface area contributed by atoms with E-state index in [1.807, 2.05) is 4.90 Å². The molecule has 1 saturated heterocycles. The van der Waals surface area contributed by atoms with Gasteiger partial charge in [-0.05, 0) is 30.2 Å². The smallest absolute Gasteiger partial charge is 0.242 e. The molecule has 0 radical (unpaired) electrons. The minimum atomic E-state index is -4.57. The third kappa shape index (κ3) is 5.17. The van der Waals surface area contributed by atoms with Crippen LogP contribution in [0.5, 0.6) is 0 Å². The number of anilines is 1. The third-order valence-electron chi connectivity index (χ3n) is 4.90. The van der Waals surface area contributed by atoms with Crippen LogP contribution >= 0.6 is 0 Å². The summed E-state index contributed by atoms with van der Waals surface area (Å²) in [4.78, 5) is 0.596. The van der Waals surface area contributed by atoms with Gasteiger partial charge in [0.05, 0.1) is 11.7 Å². The molecule has 3 rings (SSSR count). The van der Waals surface area contributed by atoms with E-state index in [1.54, 1.807) is 0 Å².